The number of rotatable bonds is 6. The van der Waals surface area contributed by atoms with E-state index in [2.05, 4.69) is 10.4 Å². The van der Waals surface area contributed by atoms with Gasteiger partial charge in [0, 0.05) is 12.7 Å². The largest absolute Gasteiger partial charge is 0.491 e. The molecule has 7 heteroatoms. The number of carbonyl (C=O) groups is 1. The Labute approximate surface area is 151 Å². The zero-order chi connectivity index (χ0) is 18.7. The van der Waals surface area contributed by atoms with Gasteiger partial charge in [-0.25, -0.2) is 4.68 Å². The first-order valence-corrected chi connectivity index (χ1v) is 8.51. The molecule has 0 unspecified atom stereocenters. The quantitative estimate of drug-likeness (QED) is 0.733. The van der Waals surface area contributed by atoms with Crippen molar-refractivity contribution >= 4 is 11.4 Å². The molecule has 0 aliphatic heterocycles. The van der Waals surface area contributed by atoms with E-state index in [1.165, 1.54) is 4.68 Å². The summed E-state index contributed by atoms with van der Waals surface area (Å²) in [7, 11) is 0. The Kier molecular flexibility index (Phi) is 5.06. The van der Waals surface area contributed by atoms with Crippen LogP contribution in [-0.2, 0) is 17.9 Å². The van der Waals surface area contributed by atoms with Crippen LogP contribution in [0.25, 0.3) is 5.52 Å². The van der Waals surface area contributed by atoms with Gasteiger partial charge in [0.05, 0.1) is 6.10 Å². The molecule has 136 valence electrons. The molecule has 0 aliphatic rings. The Hall–Kier alpha value is -3.09. The average molecular weight is 354 g/mol. The maximum absolute atomic E-state index is 12.4. The average Bonchev–Trinajstić information content (AvgIpc) is 3.09. The summed E-state index contributed by atoms with van der Waals surface area (Å²) in [4.78, 5) is 24.6. The van der Waals surface area contributed by atoms with Crippen LogP contribution in [0.3, 0.4) is 0 Å². The predicted molar refractivity (Wildman–Crippen MR) is 98.2 cm³/mol. The van der Waals surface area contributed by atoms with Gasteiger partial charge in [-0.15, -0.1) is 0 Å². The van der Waals surface area contributed by atoms with Crippen LogP contribution in [0.5, 0.6) is 5.75 Å². The smallest absolute Gasteiger partial charge is 0.291 e. The van der Waals surface area contributed by atoms with Crippen LogP contribution in [-0.4, -0.2) is 26.2 Å². The monoisotopic (exact) mass is 354 g/mol. The van der Waals surface area contributed by atoms with E-state index < -0.39 is 0 Å². The number of ether oxygens (including phenoxy) is 1. The summed E-state index contributed by atoms with van der Waals surface area (Å²) < 4.78 is 8.49. The highest BCUT2D eigenvalue weighted by Crippen LogP contribution is 2.13. The molecule has 0 aliphatic carbocycles. The molecule has 3 rings (SSSR count). The summed E-state index contributed by atoms with van der Waals surface area (Å²) in [6.07, 6.45) is 1.89. The standard InChI is InChI=1S/C19H22N4O3/c1-13(2)26-16-8-6-15(7-9-16)11-20-18(24)12-23-19(25)17-5-4-10-22(17)14(3)21-23/h4-10,13H,11-12H2,1-3H3,(H,20,24). The summed E-state index contributed by atoms with van der Waals surface area (Å²) >= 11 is 0. The molecule has 0 radical (unpaired) electrons. The number of amides is 1. The lowest BCUT2D eigenvalue weighted by Crippen LogP contribution is -2.34. The zero-order valence-electron chi connectivity index (χ0n) is 15.1. The molecular weight excluding hydrogens is 332 g/mol. The van der Waals surface area contributed by atoms with Gasteiger partial charge in [0.2, 0.25) is 5.91 Å². The van der Waals surface area contributed by atoms with Crippen LogP contribution < -0.4 is 15.6 Å². The minimum atomic E-state index is -0.286. The number of aryl methyl sites for hydroxylation is 1. The van der Waals surface area contributed by atoms with Gasteiger partial charge in [0.1, 0.15) is 23.6 Å². The summed E-state index contributed by atoms with van der Waals surface area (Å²) in [5, 5.41) is 7.01. The molecule has 1 amide bonds. The number of fused-ring (bicyclic) bond motifs is 1. The minimum Gasteiger partial charge on any atom is -0.491 e. The second-order valence-electron chi connectivity index (χ2n) is 6.36. The molecule has 1 aromatic carbocycles. The molecule has 0 atom stereocenters. The van der Waals surface area contributed by atoms with Crippen LogP contribution in [0, 0.1) is 6.92 Å². The SMILES string of the molecule is Cc1nn(CC(=O)NCc2ccc(OC(C)C)cc2)c(=O)c2cccn12. The van der Waals surface area contributed by atoms with Crippen molar-refractivity contribution in [2.75, 3.05) is 0 Å². The third-order valence-corrected chi connectivity index (χ3v) is 3.89. The molecule has 2 aromatic heterocycles. The van der Waals surface area contributed by atoms with Gasteiger partial charge in [-0.1, -0.05) is 12.1 Å². The highest BCUT2D eigenvalue weighted by molar-refractivity contribution is 5.75. The van der Waals surface area contributed by atoms with Crippen molar-refractivity contribution in [3.05, 3.63) is 64.3 Å². The number of carbonyl (C=O) groups excluding carboxylic acids is 1. The molecule has 1 N–H and O–H groups in total. The number of hydrogen-bond donors (Lipinski definition) is 1. The summed E-state index contributed by atoms with van der Waals surface area (Å²) in [6.45, 7) is 5.99. The molecule has 0 spiro atoms. The fraction of sp³-hybridized carbons (Fsp3) is 0.316. The maximum atomic E-state index is 12.4. The van der Waals surface area contributed by atoms with Crippen molar-refractivity contribution in [2.24, 2.45) is 0 Å². The second-order valence-corrected chi connectivity index (χ2v) is 6.36. The van der Waals surface area contributed by atoms with Crippen LogP contribution in [0.4, 0.5) is 0 Å². The number of aromatic nitrogens is 3. The number of nitrogens with zero attached hydrogens (tertiary/aromatic N) is 3. The summed E-state index contributed by atoms with van der Waals surface area (Å²) in [6, 6.07) is 11.0. The highest BCUT2D eigenvalue weighted by atomic mass is 16.5. The lowest BCUT2D eigenvalue weighted by molar-refractivity contribution is -0.122. The predicted octanol–water partition coefficient (Wildman–Crippen LogP) is 1.91. The van der Waals surface area contributed by atoms with Crippen molar-refractivity contribution in [1.29, 1.82) is 0 Å². The van der Waals surface area contributed by atoms with E-state index in [-0.39, 0.29) is 24.1 Å². The van der Waals surface area contributed by atoms with Gasteiger partial charge in [-0.05, 0) is 50.6 Å². The van der Waals surface area contributed by atoms with Crippen molar-refractivity contribution < 1.29 is 9.53 Å². The number of hydrogen-bond acceptors (Lipinski definition) is 4. The van der Waals surface area contributed by atoms with Crippen molar-refractivity contribution in [1.82, 2.24) is 19.5 Å². The summed E-state index contributed by atoms with van der Waals surface area (Å²) in [5.41, 5.74) is 1.17. The van der Waals surface area contributed by atoms with Gasteiger partial charge >= 0.3 is 0 Å². The fourth-order valence-electron chi connectivity index (χ4n) is 2.70. The van der Waals surface area contributed by atoms with Gasteiger partial charge in [0.15, 0.2) is 0 Å². The first kappa shape index (κ1) is 17.7. The Bertz CT molecular complexity index is 971. The van der Waals surface area contributed by atoms with E-state index in [1.807, 2.05) is 38.1 Å². The van der Waals surface area contributed by atoms with E-state index in [1.54, 1.807) is 29.7 Å². The molecular formula is C19H22N4O3. The Morgan fingerprint density at radius 2 is 1.96 bits per heavy atom. The van der Waals surface area contributed by atoms with Crippen LogP contribution in [0.15, 0.2) is 47.4 Å². The molecule has 3 aromatic rings. The van der Waals surface area contributed by atoms with Gasteiger partial charge in [0.25, 0.3) is 5.56 Å². The zero-order valence-corrected chi connectivity index (χ0v) is 15.1. The fourth-order valence-corrected chi connectivity index (χ4v) is 2.70. The molecule has 7 nitrogen and oxygen atoms in total. The molecule has 0 saturated heterocycles. The van der Waals surface area contributed by atoms with Gasteiger partial charge in [-0.2, -0.15) is 5.10 Å². The number of nitrogens with one attached hydrogen (secondary N) is 1. The van der Waals surface area contributed by atoms with E-state index in [4.69, 9.17) is 4.74 Å². The first-order valence-electron chi connectivity index (χ1n) is 8.51. The van der Waals surface area contributed by atoms with Crippen molar-refractivity contribution in [3.8, 4) is 5.75 Å². The van der Waals surface area contributed by atoms with E-state index in [0.29, 0.717) is 17.9 Å². The lowest BCUT2D eigenvalue weighted by atomic mass is 10.2. The third kappa shape index (κ3) is 3.93. The Morgan fingerprint density at radius 3 is 2.65 bits per heavy atom. The minimum absolute atomic E-state index is 0.115. The molecule has 0 saturated carbocycles. The molecule has 26 heavy (non-hydrogen) atoms. The van der Waals surface area contributed by atoms with E-state index >= 15 is 0 Å². The molecule has 0 bridgehead atoms. The third-order valence-electron chi connectivity index (χ3n) is 3.89. The first-order chi connectivity index (χ1) is 12.4. The highest BCUT2D eigenvalue weighted by Gasteiger charge is 2.10. The Balaban J connectivity index is 1.63. The van der Waals surface area contributed by atoms with Gasteiger partial charge in [-0.3, -0.25) is 14.0 Å². The Morgan fingerprint density at radius 1 is 1.23 bits per heavy atom. The summed E-state index contributed by atoms with van der Waals surface area (Å²) in [5.74, 6) is 1.18. The molecule has 0 fully saturated rings. The van der Waals surface area contributed by atoms with E-state index in [0.717, 1.165) is 11.3 Å². The molecule has 2 heterocycles. The van der Waals surface area contributed by atoms with Crippen LogP contribution in [0.2, 0.25) is 0 Å². The maximum Gasteiger partial charge on any atom is 0.291 e. The van der Waals surface area contributed by atoms with Crippen molar-refractivity contribution in [2.45, 2.75) is 40.0 Å². The topological polar surface area (TPSA) is 77.6 Å². The van der Waals surface area contributed by atoms with Gasteiger partial charge < -0.3 is 10.1 Å². The van der Waals surface area contributed by atoms with E-state index in [9.17, 15) is 9.59 Å². The normalized spacial score (nSPS) is 11.1. The number of benzene rings is 1. The second kappa shape index (κ2) is 7.43. The van der Waals surface area contributed by atoms with Crippen LogP contribution >= 0.6 is 0 Å². The van der Waals surface area contributed by atoms with Crippen LogP contribution in [0.1, 0.15) is 25.2 Å². The van der Waals surface area contributed by atoms with Crippen molar-refractivity contribution in [3.63, 3.8) is 0 Å². The lowest BCUT2D eigenvalue weighted by Gasteiger charge is -2.11.